The predicted molar refractivity (Wildman–Crippen MR) is 97.4 cm³/mol. The van der Waals surface area contributed by atoms with E-state index in [1.165, 1.54) is 12.1 Å². The van der Waals surface area contributed by atoms with Crippen molar-refractivity contribution in [1.82, 2.24) is 25.6 Å². The molecule has 0 bridgehead atoms. The molecule has 2 heterocycles. The Morgan fingerprint density at radius 1 is 1.31 bits per heavy atom. The summed E-state index contributed by atoms with van der Waals surface area (Å²) in [6, 6.07) is 6.63. The van der Waals surface area contributed by atoms with Gasteiger partial charge in [0.25, 0.3) is 5.91 Å². The lowest BCUT2D eigenvalue weighted by atomic mass is 9.96. The SMILES string of the molecule is CC(C)C(Cc1ccc(F)cc1)NC(=O)c1cn(C2CCNCC2)nn1. The van der Waals surface area contributed by atoms with E-state index in [4.69, 9.17) is 0 Å². The Bertz CT molecular complexity index is 722. The second kappa shape index (κ2) is 8.40. The van der Waals surface area contributed by atoms with Crippen molar-refractivity contribution in [2.24, 2.45) is 5.92 Å². The number of halogens is 1. The predicted octanol–water partition coefficient (Wildman–Crippen LogP) is 2.34. The summed E-state index contributed by atoms with van der Waals surface area (Å²) in [7, 11) is 0. The largest absolute Gasteiger partial charge is 0.347 e. The van der Waals surface area contributed by atoms with Crippen LogP contribution in [0.4, 0.5) is 4.39 Å². The van der Waals surface area contributed by atoms with Crippen molar-refractivity contribution < 1.29 is 9.18 Å². The summed E-state index contributed by atoms with van der Waals surface area (Å²) in [6.45, 7) is 6.03. The number of hydrogen-bond acceptors (Lipinski definition) is 4. The van der Waals surface area contributed by atoms with Gasteiger partial charge in [0.15, 0.2) is 5.69 Å². The first-order valence-electron chi connectivity index (χ1n) is 9.21. The Balaban J connectivity index is 1.64. The number of aromatic nitrogens is 3. The van der Waals surface area contributed by atoms with Crippen LogP contribution in [0.1, 0.15) is 48.8 Å². The Morgan fingerprint density at radius 3 is 2.65 bits per heavy atom. The van der Waals surface area contributed by atoms with E-state index >= 15 is 0 Å². The second-order valence-electron chi connectivity index (χ2n) is 7.22. The number of benzene rings is 1. The lowest BCUT2D eigenvalue weighted by Gasteiger charge is -2.22. The number of hydrogen-bond donors (Lipinski definition) is 2. The molecule has 2 N–H and O–H groups in total. The molecule has 1 fully saturated rings. The van der Waals surface area contributed by atoms with Crippen LogP contribution < -0.4 is 10.6 Å². The Morgan fingerprint density at radius 2 is 2.00 bits per heavy atom. The van der Waals surface area contributed by atoms with Gasteiger partial charge in [-0.05, 0) is 56.0 Å². The van der Waals surface area contributed by atoms with Gasteiger partial charge >= 0.3 is 0 Å². The molecule has 1 amide bonds. The highest BCUT2D eigenvalue weighted by atomic mass is 19.1. The molecule has 0 radical (unpaired) electrons. The van der Waals surface area contributed by atoms with E-state index in [-0.39, 0.29) is 23.7 Å². The number of piperidine rings is 1. The van der Waals surface area contributed by atoms with Gasteiger partial charge in [-0.25, -0.2) is 9.07 Å². The molecular formula is C19H26FN5O. The van der Waals surface area contributed by atoms with E-state index in [2.05, 4.69) is 34.8 Å². The Kier molecular flexibility index (Phi) is 5.98. The normalized spacial score (nSPS) is 16.6. The molecule has 1 atom stereocenters. The summed E-state index contributed by atoms with van der Waals surface area (Å²) in [6.07, 6.45) is 4.36. The van der Waals surface area contributed by atoms with Crippen LogP contribution in [0.15, 0.2) is 30.5 Å². The third-order valence-corrected chi connectivity index (χ3v) is 4.92. The van der Waals surface area contributed by atoms with Crippen molar-refractivity contribution in [1.29, 1.82) is 0 Å². The number of carbonyl (C=O) groups excluding carboxylic acids is 1. The molecule has 26 heavy (non-hydrogen) atoms. The zero-order valence-corrected chi connectivity index (χ0v) is 15.3. The number of amides is 1. The molecular weight excluding hydrogens is 333 g/mol. The maximum atomic E-state index is 13.1. The van der Waals surface area contributed by atoms with Gasteiger partial charge in [-0.2, -0.15) is 0 Å². The number of rotatable bonds is 6. The number of nitrogens with zero attached hydrogens (tertiary/aromatic N) is 3. The molecule has 1 saturated heterocycles. The molecule has 1 unspecified atom stereocenters. The average Bonchev–Trinajstić information content (AvgIpc) is 3.14. The smallest absolute Gasteiger partial charge is 0.273 e. The molecule has 1 aromatic heterocycles. The van der Waals surface area contributed by atoms with Crippen molar-refractivity contribution in [3.63, 3.8) is 0 Å². The molecule has 0 saturated carbocycles. The maximum absolute atomic E-state index is 13.1. The van der Waals surface area contributed by atoms with Gasteiger partial charge < -0.3 is 10.6 Å². The summed E-state index contributed by atoms with van der Waals surface area (Å²) in [5.41, 5.74) is 1.33. The van der Waals surface area contributed by atoms with Crippen LogP contribution in [-0.4, -0.2) is 40.0 Å². The van der Waals surface area contributed by atoms with Crippen molar-refractivity contribution in [3.8, 4) is 0 Å². The molecule has 1 aliphatic rings. The van der Waals surface area contributed by atoms with Crippen LogP contribution >= 0.6 is 0 Å². The molecule has 3 rings (SSSR count). The maximum Gasteiger partial charge on any atom is 0.273 e. The van der Waals surface area contributed by atoms with Gasteiger partial charge in [0, 0.05) is 6.04 Å². The van der Waals surface area contributed by atoms with E-state index in [9.17, 15) is 9.18 Å². The summed E-state index contributed by atoms with van der Waals surface area (Å²) in [5.74, 6) is -0.233. The molecule has 0 aliphatic carbocycles. The van der Waals surface area contributed by atoms with Crippen LogP contribution in [0.5, 0.6) is 0 Å². The van der Waals surface area contributed by atoms with E-state index in [0.29, 0.717) is 18.2 Å². The first kappa shape index (κ1) is 18.5. The first-order chi connectivity index (χ1) is 12.5. The fourth-order valence-electron chi connectivity index (χ4n) is 3.20. The van der Waals surface area contributed by atoms with Gasteiger partial charge in [0.05, 0.1) is 12.2 Å². The molecule has 7 heteroatoms. The van der Waals surface area contributed by atoms with Crippen molar-refractivity contribution >= 4 is 5.91 Å². The lowest BCUT2D eigenvalue weighted by molar-refractivity contribution is 0.0920. The molecule has 2 aromatic rings. The summed E-state index contributed by atoms with van der Waals surface area (Å²) in [4.78, 5) is 12.6. The minimum absolute atomic E-state index is 0.0583. The van der Waals surface area contributed by atoms with Gasteiger partial charge in [0.1, 0.15) is 5.82 Å². The van der Waals surface area contributed by atoms with E-state index < -0.39 is 0 Å². The minimum atomic E-state index is -0.256. The van der Waals surface area contributed by atoms with Crippen molar-refractivity contribution in [2.45, 2.75) is 45.2 Å². The number of nitrogens with one attached hydrogen (secondary N) is 2. The standard InChI is InChI=1S/C19H26FN5O/c1-13(2)17(11-14-3-5-15(20)6-4-14)22-19(26)18-12-25(24-23-18)16-7-9-21-10-8-16/h3-6,12-13,16-17,21H,7-11H2,1-2H3,(H,22,26). The summed E-state index contributed by atoms with van der Waals surface area (Å²) < 4.78 is 14.9. The Hall–Kier alpha value is -2.28. The highest BCUT2D eigenvalue weighted by molar-refractivity contribution is 5.92. The zero-order valence-electron chi connectivity index (χ0n) is 15.3. The van der Waals surface area contributed by atoms with Crippen molar-refractivity contribution in [2.75, 3.05) is 13.1 Å². The summed E-state index contributed by atoms with van der Waals surface area (Å²) in [5, 5.41) is 14.6. The first-order valence-corrected chi connectivity index (χ1v) is 9.21. The van der Waals surface area contributed by atoms with Gasteiger partial charge in [-0.1, -0.05) is 31.2 Å². The zero-order chi connectivity index (χ0) is 18.5. The van der Waals surface area contributed by atoms with E-state index in [1.807, 2.05) is 0 Å². The lowest BCUT2D eigenvalue weighted by Crippen LogP contribution is -2.40. The fourth-order valence-corrected chi connectivity index (χ4v) is 3.20. The quantitative estimate of drug-likeness (QED) is 0.830. The minimum Gasteiger partial charge on any atom is -0.347 e. The topological polar surface area (TPSA) is 71.8 Å². The van der Waals surface area contributed by atoms with Crippen LogP contribution in [0.25, 0.3) is 0 Å². The highest BCUT2D eigenvalue weighted by Crippen LogP contribution is 2.17. The van der Waals surface area contributed by atoms with Gasteiger partial charge in [-0.3, -0.25) is 4.79 Å². The van der Waals surface area contributed by atoms with Gasteiger partial charge in [-0.15, -0.1) is 5.10 Å². The van der Waals surface area contributed by atoms with Crippen LogP contribution in [0.2, 0.25) is 0 Å². The third-order valence-electron chi connectivity index (χ3n) is 4.92. The third kappa shape index (κ3) is 4.66. The van der Waals surface area contributed by atoms with Crippen molar-refractivity contribution in [3.05, 3.63) is 47.5 Å². The van der Waals surface area contributed by atoms with E-state index in [0.717, 1.165) is 31.5 Å². The van der Waals surface area contributed by atoms with Crippen LogP contribution in [0, 0.1) is 11.7 Å². The molecule has 0 spiro atoms. The van der Waals surface area contributed by atoms with Crippen LogP contribution in [0.3, 0.4) is 0 Å². The average molecular weight is 359 g/mol. The molecule has 6 nitrogen and oxygen atoms in total. The molecule has 1 aliphatic heterocycles. The summed E-state index contributed by atoms with van der Waals surface area (Å²) >= 11 is 0. The second-order valence-corrected chi connectivity index (χ2v) is 7.22. The van der Waals surface area contributed by atoms with E-state index in [1.54, 1.807) is 23.0 Å². The number of carbonyl (C=O) groups is 1. The fraction of sp³-hybridized carbons (Fsp3) is 0.526. The monoisotopic (exact) mass is 359 g/mol. The molecule has 1 aromatic carbocycles. The Labute approximate surface area is 153 Å². The van der Waals surface area contributed by atoms with Crippen LogP contribution in [-0.2, 0) is 6.42 Å². The molecule has 140 valence electrons. The van der Waals surface area contributed by atoms with Gasteiger partial charge in [0.2, 0.25) is 0 Å². The highest BCUT2D eigenvalue weighted by Gasteiger charge is 2.22.